The molecule has 1 aliphatic rings. The molecule has 20 heavy (non-hydrogen) atoms. The van der Waals surface area contributed by atoms with Crippen molar-refractivity contribution in [2.45, 2.75) is 57.7 Å². The second-order valence-corrected chi connectivity index (χ2v) is 5.65. The van der Waals surface area contributed by atoms with Crippen molar-refractivity contribution in [1.29, 1.82) is 0 Å². The average molecular weight is 276 g/mol. The second kappa shape index (κ2) is 6.75. The van der Waals surface area contributed by atoms with Gasteiger partial charge in [-0.3, -0.25) is 0 Å². The fourth-order valence-electron chi connectivity index (χ4n) is 2.84. The molecule has 110 valence electrons. The zero-order valence-corrected chi connectivity index (χ0v) is 12.2. The molecule has 1 aromatic rings. The Morgan fingerprint density at radius 1 is 1.30 bits per heavy atom. The van der Waals surface area contributed by atoms with Gasteiger partial charge in [0.1, 0.15) is 0 Å². The Bertz CT molecular complexity index is 462. The highest BCUT2D eigenvalue weighted by molar-refractivity contribution is 5.74. The van der Waals surface area contributed by atoms with E-state index >= 15 is 0 Å². The lowest BCUT2D eigenvalue weighted by molar-refractivity contribution is 0.0941. The molecule has 1 aliphatic carbocycles. The number of benzene rings is 1. The number of hydrogen-bond donors (Lipinski definition) is 3. The third-order valence-corrected chi connectivity index (χ3v) is 4.05. The molecule has 2 amide bonds. The van der Waals surface area contributed by atoms with Crippen molar-refractivity contribution in [3.05, 3.63) is 35.4 Å². The number of urea groups is 1. The van der Waals surface area contributed by atoms with Crippen LogP contribution in [-0.4, -0.2) is 23.3 Å². The Balaban J connectivity index is 1.89. The standard InChI is InChI=1S/C16H24N2O2/c1-11-7-3-4-8-13(11)12(2)17-16(20)18-14-9-5-6-10-15(14)19/h3-4,7-8,12,14-15,19H,5-6,9-10H2,1-2H3,(H2,17,18,20)/t12-,14+,15+/m0/s1. The topological polar surface area (TPSA) is 61.4 Å². The Kier molecular flexibility index (Phi) is 5.01. The lowest BCUT2D eigenvalue weighted by Crippen LogP contribution is -2.49. The van der Waals surface area contributed by atoms with Crippen molar-refractivity contribution < 1.29 is 9.90 Å². The van der Waals surface area contributed by atoms with E-state index in [0.29, 0.717) is 0 Å². The molecule has 0 spiro atoms. The van der Waals surface area contributed by atoms with Crippen molar-refractivity contribution in [3.8, 4) is 0 Å². The molecule has 0 saturated heterocycles. The number of carbonyl (C=O) groups is 1. The Morgan fingerprint density at radius 3 is 2.70 bits per heavy atom. The van der Waals surface area contributed by atoms with E-state index in [9.17, 15) is 9.90 Å². The van der Waals surface area contributed by atoms with Crippen LogP contribution in [0.3, 0.4) is 0 Å². The average Bonchev–Trinajstić information content (AvgIpc) is 2.41. The minimum Gasteiger partial charge on any atom is -0.391 e. The number of aryl methyl sites for hydroxylation is 1. The maximum Gasteiger partial charge on any atom is 0.315 e. The highest BCUT2D eigenvalue weighted by Crippen LogP contribution is 2.19. The fourth-order valence-corrected chi connectivity index (χ4v) is 2.84. The van der Waals surface area contributed by atoms with Gasteiger partial charge in [-0.2, -0.15) is 0 Å². The maximum absolute atomic E-state index is 12.0. The van der Waals surface area contributed by atoms with E-state index in [4.69, 9.17) is 0 Å². The lowest BCUT2D eigenvalue weighted by Gasteiger charge is -2.29. The number of nitrogens with one attached hydrogen (secondary N) is 2. The first kappa shape index (κ1) is 14.9. The molecule has 4 nitrogen and oxygen atoms in total. The van der Waals surface area contributed by atoms with E-state index in [0.717, 1.165) is 36.8 Å². The molecule has 2 rings (SSSR count). The van der Waals surface area contributed by atoms with Crippen LogP contribution in [0.2, 0.25) is 0 Å². The van der Waals surface area contributed by atoms with E-state index in [1.807, 2.05) is 38.1 Å². The summed E-state index contributed by atoms with van der Waals surface area (Å²) >= 11 is 0. The third kappa shape index (κ3) is 3.73. The maximum atomic E-state index is 12.0. The monoisotopic (exact) mass is 276 g/mol. The Morgan fingerprint density at radius 2 is 2.00 bits per heavy atom. The van der Waals surface area contributed by atoms with Gasteiger partial charge in [0.2, 0.25) is 0 Å². The molecule has 0 radical (unpaired) electrons. The summed E-state index contributed by atoms with van der Waals surface area (Å²) in [6, 6.07) is 7.66. The number of amides is 2. The largest absolute Gasteiger partial charge is 0.391 e. The SMILES string of the molecule is Cc1ccccc1[C@H](C)NC(=O)N[C@@H]1CCCC[C@H]1O. The van der Waals surface area contributed by atoms with E-state index in [1.165, 1.54) is 0 Å². The molecule has 0 aromatic heterocycles. The van der Waals surface area contributed by atoms with Gasteiger partial charge < -0.3 is 15.7 Å². The summed E-state index contributed by atoms with van der Waals surface area (Å²) in [6.07, 6.45) is 3.32. The summed E-state index contributed by atoms with van der Waals surface area (Å²) < 4.78 is 0. The van der Waals surface area contributed by atoms with Gasteiger partial charge in [0.05, 0.1) is 18.2 Å². The molecule has 3 N–H and O–H groups in total. The van der Waals surface area contributed by atoms with Gasteiger partial charge in [-0.1, -0.05) is 37.1 Å². The predicted octanol–water partition coefficient (Wildman–Crippen LogP) is 2.66. The molecule has 0 heterocycles. The number of rotatable bonds is 3. The van der Waals surface area contributed by atoms with E-state index < -0.39 is 6.10 Å². The minimum atomic E-state index is -0.414. The van der Waals surface area contributed by atoms with Crippen LogP contribution < -0.4 is 10.6 Å². The molecule has 0 unspecified atom stereocenters. The summed E-state index contributed by atoms with van der Waals surface area (Å²) in [5.41, 5.74) is 2.28. The first-order valence-corrected chi connectivity index (χ1v) is 7.38. The molecule has 1 fully saturated rings. The highest BCUT2D eigenvalue weighted by Gasteiger charge is 2.24. The van der Waals surface area contributed by atoms with E-state index in [-0.39, 0.29) is 18.1 Å². The summed E-state index contributed by atoms with van der Waals surface area (Å²) in [5, 5.41) is 15.7. The van der Waals surface area contributed by atoms with Crippen LogP contribution in [-0.2, 0) is 0 Å². The van der Waals surface area contributed by atoms with Crippen LogP contribution in [0.1, 0.15) is 49.8 Å². The molecule has 0 bridgehead atoms. The highest BCUT2D eigenvalue weighted by atomic mass is 16.3. The number of aliphatic hydroxyl groups is 1. The summed E-state index contributed by atoms with van der Waals surface area (Å²) in [7, 11) is 0. The molecule has 4 heteroatoms. The van der Waals surface area contributed by atoms with Crippen molar-refractivity contribution >= 4 is 6.03 Å². The molecular formula is C16H24N2O2. The first-order chi connectivity index (χ1) is 9.58. The van der Waals surface area contributed by atoms with Gasteiger partial charge in [-0.05, 0) is 37.8 Å². The molecule has 1 aromatic carbocycles. The second-order valence-electron chi connectivity index (χ2n) is 5.65. The van der Waals surface area contributed by atoms with Crippen LogP contribution in [0.25, 0.3) is 0 Å². The van der Waals surface area contributed by atoms with Crippen LogP contribution in [0, 0.1) is 6.92 Å². The molecular weight excluding hydrogens is 252 g/mol. The Hall–Kier alpha value is -1.55. The van der Waals surface area contributed by atoms with Gasteiger partial charge in [-0.15, -0.1) is 0 Å². The Labute approximate surface area is 120 Å². The predicted molar refractivity (Wildman–Crippen MR) is 79.5 cm³/mol. The number of aliphatic hydroxyl groups excluding tert-OH is 1. The van der Waals surface area contributed by atoms with E-state index in [1.54, 1.807) is 0 Å². The van der Waals surface area contributed by atoms with Crippen LogP contribution >= 0.6 is 0 Å². The van der Waals surface area contributed by atoms with Crippen LogP contribution in [0.5, 0.6) is 0 Å². The first-order valence-electron chi connectivity index (χ1n) is 7.38. The fraction of sp³-hybridized carbons (Fsp3) is 0.562. The summed E-state index contributed by atoms with van der Waals surface area (Å²) in [4.78, 5) is 12.0. The van der Waals surface area contributed by atoms with Crippen LogP contribution in [0.15, 0.2) is 24.3 Å². The smallest absolute Gasteiger partial charge is 0.315 e. The van der Waals surface area contributed by atoms with E-state index in [2.05, 4.69) is 10.6 Å². The minimum absolute atomic E-state index is 0.0445. The van der Waals surface area contributed by atoms with Gasteiger partial charge >= 0.3 is 6.03 Å². The van der Waals surface area contributed by atoms with Crippen molar-refractivity contribution in [3.63, 3.8) is 0 Å². The number of carbonyl (C=O) groups excluding carboxylic acids is 1. The van der Waals surface area contributed by atoms with Gasteiger partial charge in [0, 0.05) is 0 Å². The van der Waals surface area contributed by atoms with Crippen molar-refractivity contribution in [1.82, 2.24) is 10.6 Å². The molecule has 1 saturated carbocycles. The van der Waals surface area contributed by atoms with Crippen molar-refractivity contribution in [2.24, 2.45) is 0 Å². The summed E-state index contributed by atoms with van der Waals surface area (Å²) in [6.45, 7) is 4.01. The van der Waals surface area contributed by atoms with Gasteiger partial charge in [0.25, 0.3) is 0 Å². The normalized spacial score (nSPS) is 23.9. The zero-order valence-electron chi connectivity index (χ0n) is 12.2. The molecule has 0 aliphatic heterocycles. The summed E-state index contributed by atoms with van der Waals surface area (Å²) in [5.74, 6) is 0. The van der Waals surface area contributed by atoms with Gasteiger partial charge in [-0.25, -0.2) is 4.79 Å². The van der Waals surface area contributed by atoms with Gasteiger partial charge in [0.15, 0.2) is 0 Å². The van der Waals surface area contributed by atoms with Crippen LogP contribution in [0.4, 0.5) is 4.79 Å². The number of hydrogen-bond acceptors (Lipinski definition) is 2. The quantitative estimate of drug-likeness (QED) is 0.795. The van der Waals surface area contributed by atoms with Crippen molar-refractivity contribution in [2.75, 3.05) is 0 Å². The lowest BCUT2D eigenvalue weighted by atomic mass is 9.93. The third-order valence-electron chi connectivity index (χ3n) is 4.05. The zero-order chi connectivity index (χ0) is 14.5. The molecule has 3 atom stereocenters.